The topological polar surface area (TPSA) is 117 Å². The molecule has 10 heteroatoms. The second kappa shape index (κ2) is 13.9. The van der Waals surface area contributed by atoms with E-state index in [2.05, 4.69) is 15.8 Å². The third kappa shape index (κ3) is 9.04. The van der Waals surface area contributed by atoms with E-state index in [-0.39, 0.29) is 12.5 Å². The van der Waals surface area contributed by atoms with Crippen LogP contribution < -0.4 is 19.8 Å². The van der Waals surface area contributed by atoms with Crippen LogP contribution in [0.15, 0.2) is 84.0 Å². The van der Waals surface area contributed by atoms with Crippen molar-refractivity contribution in [2.45, 2.75) is 19.8 Å². The van der Waals surface area contributed by atoms with Gasteiger partial charge in [0.15, 0.2) is 6.61 Å². The van der Waals surface area contributed by atoms with Crippen molar-refractivity contribution in [3.8, 4) is 5.75 Å². The fourth-order valence-corrected chi connectivity index (χ4v) is 4.51. The van der Waals surface area contributed by atoms with Crippen LogP contribution >= 0.6 is 0 Å². The van der Waals surface area contributed by atoms with Crippen LogP contribution in [-0.2, 0) is 32.5 Å². The maximum atomic E-state index is 12.4. The summed E-state index contributed by atoms with van der Waals surface area (Å²) in [5.74, 6) is -0.266. The number of para-hydroxylation sites is 1. The Hall–Kier alpha value is -4.18. The number of carbonyl (C=O) groups is 2. The Morgan fingerprint density at radius 2 is 1.63 bits per heavy atom. The van der Waals surface area contributed by atoms with E-state index in [9.17, 15) is 18.0 Å². The molecular weight excluding hydrogens is 504 g/mol. The fraction of sp³-hybridized carbons (Fsp3) is 0.250. The number of sulfonamides is 1. The molecule has 3 aromatic carbocycles. The van der Waals surface area contributed by atoms with Gasteiger partial charge < -0.3 is 10.1 Å². The van der Waals surface area contributed by atoms with Crippen LogP contribution in [0.25, 0.3) is 0 Å². The molecule has 200 valence electrons. The Morgan fingerprint density at radius 1 is 0.947 bits per heavy atom. The molecule has 38 heavy (non-hydrogen) atoms. The van der Waals surface area contributed by atoms with Crippen molar-refractivity contribution in [3.05, 3.63) is 95.6 Å². The van der Waals surface area contributed by atoms with Gasteiger partial charge in [0.1, 0.15) is 12.3 Å². The minimum Gasteiger partial charge on any atom is -0.484 e. The molecule has 0 bridgehead atoms. The highest BCUT2D eigenvalue weighted by Crippen LogP contribution is 2.23. The molecule has 0 heterocycles. The van der Waals surface area contributed by atoms with E-state index in [1.54, 1.807) is 36.4 Å². The average Bonchev–Trinajstić information content (AvgIpc) is 2.91. The first kappa shape index (κ1) is 28.4. The largest absolute Gasteiger partial charge is 0.484 e. The Bertz CT molecular complexity index is 1340. The summed E-state index contributed by atoms with van der Waals surface area (Å²) in [4.78, 5) is 24.4. The number of rotatable bonds is 13. The van der Waals surface area contributed by atoms with Crippen LogP contribution in [0.5, 0.6) is 5.75 Å². The number of ether oxygens (including phenoxy) is 1. The Morgan fingerprint density at radius 3 is 2.32 bits per heavy atom. The standard InChI is InChI=1S/C28H32N4O5S/c1-3-24-11-7-8-12-26(24)32(38(2,35)36)20-27(33)31-30-19-23-13-15-25(16-14-23)37-21-28(34)29-18-17-22-9-5-4-6-10-22/h4-16,19H,3,17-18,20-21H2,1-2H3,(H,29,34)(H,31,33)/b30-19-. The Balaban J connectivity index is 1.45. The lowest BCUT2D eigenvalue weighted by molar-refractivity contribution is -0.123. The van der Waals surface area contributed by atoms with E-state index >= 15 is 0 Å². The molecule has 3 rings (SSSR count). The summed E-state index contributed by atoms with van der Waals surface area (Å²) >= 11 is 0. The number of nitrogens with zero attached hydrogens (tertiary/aromatic N) is 2. The van der Waals surface area contributed by atoms with Crippen molar-refractivity contribution in [3.63, 3.8) is 0 Å². The van der Waals surface area contributed by atoms with Crippen LogP contribution in [0.3, 0.4) is 0 Å². The second-order valence-electron chi connectivity index (χ2n) is 8.49. The summed E-state index contributed by atoms with van der Waals surface area (Å²) in [5.41, 5.74) is 5.49. The molecule has 0 atom stereocenters. The van der Waals surface area contributed by atoms with Crippen LogP contribution in [-0.4, -0.2) is 52.4 Å². The van der Waals surface area contributed by atoms with E-state index in [4.69, 9.17) is 4.74 Å². The zero-order chi connectivity index (χ0) is 27.4. The van der Waals surface area contributed by atoms with Crippen molar-refractivity contribution in [2.75, 3.05) is 30.3 Å². The van der Waals surface area contributed by atoms with Gasteiger partial charge in [-0.05, 0) is 59.9 Å². The molecule has 0 saturated heterocycles. The van der Waals surface area contributed by atoms with Crippen LogP contribution in [0.1, 0.15) is 23.6 Å². The fourth-order valence-electron chi connectivity index (χ4n) is 3.62. The Labute approximate surface area is 223 Å². The molecule has 0 aliphatic heterocycles. The van der Waals surface area contributed by atoms with Crippen molar-refractivity contribution in [1.29, 1.82) is 0 Å². The number of carbonyl (C=O) groups excluding carboxylic acids is 2. The van der Waals surface area contributed by atoms with Gasteiger partial charge in [-0.2, -0.15) is 5.10 Å². The lowest BCUT2D eigenvalue weighted by Crippen LogP contribution is -2.39. The molecule has 0 spiro atoms. The van der Waals surface area contributed by atoms with Crippen molar-refractivity contribution in [2.24, 2.45) is 5.10 Å². The van der Waals surface area contributed by atoms with Crippen molar-refractivity contribution < 1.29 is 22.7 Å². The first-order chi connectivity index (χ1) is 18.3. The molecular formula is C28H32N4O5S. The van der Waals surface area contributed by atoms with Gasteiger partial charge in [0.2, 0.25) is 10.0 Å². The number of benzene rings is 3. The number of hydrazone groups is 1. The molecule has 0 fully saturated rings. The Kier molecular flexibility index (Phi) is 10.4. The van der Waals surface area contributed by atoms with Gasteiger partial charge in [0.25, 0.3) is 11.8 Å². The summed E-state index contributed by atoms with van der Waals surface area (Å²) < 4.78 is 31.3. The molecule has 0 aliphatic rings. The first-order valence-corrected chi connectivity index (χ1v) is 14.0. The normalized spacial score (nSPS) is 11.2. The summed E-state index contributed by atoms with van der Waals surface area (Å²) in [6.07, 6.45) is 3.87. The molecule has 3 aromatic rings. The summed E-state index contributed by atoms with van der Waals surface area (Å²) in [6, 6.07) is 23.8. The molecule has 0 unspecified atom stereocenters. The number of anilines is 1. The monoisotopic (exact) mass is 536 g/mol. The van der Waals surface area contributed by atoms with Gasteiger partial charge in [0, 0.05) is 6.54 Å². The summed E-state index contributed by atoms with van der Waals surface area (Å²) in [5, 5.41) is 6.75. The van der Waals surface area contributed by atoms with Crippen molar-refractivity contribution >= 4 is 33.7 Å². The average molecular weight is 537 g/mol. The minimum atomic E-state index is -3.68. The SMILES string of the molecule is CCc1ccccc1N(CC(=O)N/N=C\c1ccc(OCC(=O)NCCc2ccccc2)cc1)S(C)(=O)=O. The van der Waals surface area contributed by atoms with Crippen LogP contribution in [0.2, 0.25) is 0 Å². The maximum Gasteiger partial charge on any atom is 0.260 e. The highest BCUT2D eigenvalue weighted by Gasteiger charge is 2.22. The predicted octanol–water partition coefficient (Wildman–Crippen LogP) is 2.90. The smallest absolute Gasteiger partial charge is 0.260 e. The lowest BCUT2D eigenvalue weighted by Gasteiger charge is -2.23. The second-order valence-corrected chi connectivity index (χ2v) is 10.4. The van der Waals surface area contributed by atoms with Gasteiger partial charge >= 0.3 is 0 Å². The van der Waals surface area contributed by atoms with E-state index in [0.29, 0.717) is 30.0 Å². The van der Waals surface area contributed by atoms with Crippen LogP contribution in [0.4, 0.5) is 5.69 Å². The minimum absolute atomic E-state index is 0.101. The molecule has 0 saturated carbocycles. The van der Waals surface area contributed by atoms with E-state index < -0.39 is 22.5 Å². The van der Waals surface area contributed by atoms with Crippen LogP contribution in [0, 0.1) is 0 Å². The molecule has 2 amide bonds. The zero-order valence-corrected chi connectivity index (χ0v) is 22.3. The highest BCUT2D eigenvalue weighted by molar-refractivity contribution is 7.92. The predicted molar refractivity (Wildman–Crippen MR) is 149 cm³/mol. The zero-order valence-electron chi connectivity index (χ0n) is 21.5. The molecule has 9 nitrogen and oxygen atoms in total. The third-order valence-corrected chi connectivity index (χ3v) is 6.69. The number of hydrogen-bond acceptors (Lipinski definition) is 6. The van der Waals surface area contributed by atoms with Gasteiger partial charge in [-0.15, -0.1) is 0 Å². The molecule has 0 radical (unpaired) electrons. The molecule has 0 aromatic heterocycles. The number of aryl methyl sites for hydroxylation is 1. The van der Waals surface area contributed by atoms with Crippen molar-refractivity contribution in [1.82, 2.24) is 10.7 Å². The van der Waals surface area contributed by atoms with Gasteiger partial charge in [-0.1, -0.05) is 55.5 Å². The lowest BCUT2D eigenvalue weighted by atomic mass is 10.1. The number of nitrogens with one attached hydrogen (secondary N) is 2. The number of amides is 2. The van der Waals surface area contributed by atoms with Gasteiger partial charge in [0.05, 0.1) is 18.2 Å². The molecule has 0 aliphatic carbocycles. The summed E-state index contributed by atoms with van der Waals surface area (Å²) in [7, 11) is -3.68. The van der Waals surface area contributed by atoms with E-state index in [1.165, 1.54) is 6.21 Å². The maximum absolute atomic E-state index is 12.4. The highest BCUT2D eigenvalue weighted by atomic mass is 32.2. The van der Waals surface area contributed by atoms with Gasteiger partial charge in [-0.25, -0.2) is 13.8 Å². The van der Waals surface area contributed by atoms with Gasteiger partial charge in [-0.3, -0.25) is 13.9 Å². The quantitative estimate of drug-likeness (QED) is 0.257. The molecule has 2 N–H and O–H groups in total. The first-order valence-electron chi connectivity index (χ1n) is 12.2. The van der Waals surface area contributed by atoms with E-state index in [1.807, 2.05) is 49.4 Å². The third-order valence-electron chi connectivity index (χ3n) is 5.56. The number of hydrogen-bond donors (Lipinski definition) is 2. The van der Waals surface area contributed by atoms with E-state index in [0.717, 1.165) is 28.1 Å². The summed E-state index contributed by atoms with van der Waals surface area (Å²) in [6.45, 7) is 1.95.